The molecule has 1 aliphatic heterocycles. The van der Waals surface area contributed by atoms with Gasteiger partial charge in [0.25, 0.3) is 0 Å². The number of likely N-dealkylation sites (tertiary alicyclic amines) is 1. The van der Waals surface area contributed by atoms with E-state index in [-0.39, 0.29) is 25.0 Å². The Kier molecular flexibility index (Phi) is 5.42. The molecule has 0 aromatic rings. The molecule has 1 heterocycles. The second-order valence-corrected chi connectivity index (χ2v) is 4.12. The van der Waals surface area contributed by atoms with Crippen molar-refractivity contribution >= 4 is 11.8 Å². The summed E-state index contributed by atoms with van der Waals surface area (Å²) in [5.41, 5.74) is 0. The largest absolute Gasteiger partial charge is 0.396 e. The molecule has 0 aromatic carbocycles. The summed E-state index contributed by atoms with van der Waals surface area (Å²) in [6.45, 7) is 0.206. The molecule has 0 saturated carbocycles. The first-order valence-electron chi connectivity index (χ1n) is 5.77. The highest BCUT2D eigenvalue weighted by Gasteiger charge is 2.27. The number of aliphatic hydroxyl groups is 2. The number of carbonyl (C=O) groups excluding carboxylic acids is 2. The molecule has 2 amide bonds. The molecular formula is C11H19NO4. The Morgan fingerprint density at radius 3 is 2.38 bits per heavy atom. The lowest BCUT2D eigenvalue weighted by Gasteiger charge is -2.26. The first kappa shape index (κ1) is 13.1. The molecule has 2 N–H and O–H groups in total. The van der Waals surface area contributed by atoms with Crippen molar-refractivity contribution in [2.75, 3.05) is 13.2 Å². The van der Waals surface area contributed by atoms with Gasteiger partial charge in [-0.05, 0) is 25.7 Å². The van der Waals surface area contributed by atoms with Crippen LogP contribution in [0.5, 0.6) is 0 Å². The summed E-state index contributed by atoms with van der Waals surface area (Å²) < 4.78 is 0. The highest BCUT2D eigenvalue weighted by Crippen LogP contribution is 2.13. The van der Waals surface area contributed by atoms with Gasteiger partial charge in [-0.3, -0.25) is 14.5 Å². The minimum Gasteiger partial charge on any atom is -0.396 e. The quantitative estimate of drug-likeness (QED) is 0.498. The van der Waals surface area contributed by atoms with Gasteiger partial charge in [-0.15, -0.1) is 0 Å². The Hall–Kier alpha value is -0.940. The Balaban J connectivity index is 2.33. The van der Waals surface area contributed by atoms with Crippen LogP contribution in [0, 0.1) is 0 Å². The van der Waals surface area contributed by atoms with Gasteiger partial charge in [0.05, 0.1) is 12.6 Å². The maximum absolute atomic E-state index is 11.4. The number of hydrogen-bond acceptors (Lipinski definition) is 4. The van der Waals surface area contributed by atoms with Gasteiger partial charge < -0.3 is 10.2 Å². The first-order chi connectivity index (χ1) is 7.65. The summed E-state index contributed by atoms with van der Waals surface area (Å²) >= 11 is 0. The minimum atomic E-state index is -0.669. The Bertz CT molecular complexity index is 238. The van der Waals surface area contributed by atoms with Crippen molar-refractivity contribution in [2.24, 2.45) is 0 Å². The molecule has 1 unspecified atom stereocenters. The third-order valence-electron chi connectivity index (χ3n) is 2.72. The predicted octanol–water partition coefficient (Wildman–Crippen LogP) is 0.0490. The Labute approximate surface area is 95.1 Å². The third kappa shape index (κ3) is 3.90. The monoisotopic (exact) mass is 229 g/mol. The molecule has 0 radical (unpaired) electrons. The molecule has 1 aliphatic rings. The number of rotatable bonds is 6. The van der Waals surface area contributed by atoms with Crippen LogP contribution in [0.4, 0.5) is 0 Å². The number of piperidine rings is 1. The van der Waals surface area contributed by atoms with Gasteiger partial charge >= 0.3 is 0 Å². The van der Waals surface area contributed by atoms with Gasteiger partial charge in [0.15, 0.2) is 0 Å². The average molecular weight is 229 g/mol. The van der Waals surface area contributed by atoms with Gasteiger partial charge in [-0.2, -0.15) is 0 Å². The van der Waals surface area contributed by atoms with E-state index in [4.69, 9.17) is 5.11 Å². The van der Waals surface area contributed by atoms with E-state index in [9.17, 15) is 14.7 Å². The van der Waals surface area contributed by atoms with E-state index in [2.05, 4.69) is 0 Å². The molecule has 0 aliphatic carbocycles. The van der Waals surface area contributed by atoms with Gasteiger partial charge in [0.2, 0.25) is 11.8 Å². The number of unbranched alkanes of at least 4 members (excludes halogenated alkanes) is 1. The summed E-state index contributed by atoms with van der Waals surface area (Å²) in [7, 11) is 0. The minimum absolute atomic E-state index is 0.100. The van der Waals surface area contributed by atoms with E-state index >= 15 is 0 Å². The van der Waals surface area contributed by atoms with Crippen molar-refractivity contribution in [3.63, 3.8) is 0 Å². The van der Waals surface area contributed by atoms with E-state index in [1.165, 1.54) is 0 Å². The van der Waals surface area contributed by atoms with Crippen molar-refractivity contribution in [1.29, 1.82) is 0 Å². The molecule has 5 nitrogen and oxygen atoms in total. The van der Waals surface area contributed by atoms with Crippen LogP contribution in [0.25, 0.3) is 0 Å². The van der Waals surface area contributed by atoms with E-state index in [0.29, 0.717) is 38.5 Å². The molecule has 1 fully saturated rings. The second kappa shape index (κ2) is 6.60. The fraction of sp³-hybridized carbons (Fsp3) is 0.818. The summed E-state index contributed by atoms with van der Waals surface area (Å²) in [5, 5.41) is 18.2. The molecule has 1 saturated heterocycles. The van der Waals surface area contributed by atoms with Crippen LogP contribution < -0.4 is 0 Å². The molecule has 0 spiro atoms. The van der Waals surface area contributed by atoms with Crippen LogP contribution in [0.1, 0.15) is 38.5 Å². The molecule has 1 rings (SSSR count). The Morgan fingerprint density at radius 2 is 1.81 bits per heavy atom. The lowest BCUT2D eigenvalue weighted by atomic mass is 10.1. The molecule has 92 valence electrons. The van der Waals surface area contributed by atoms with Crippen molar-refractivity contribution in [2.45, 2.75) is 44.6 Å². The molecular weight excluding hydrogens is 210 g/mol. The third-order valence-corrected chi connectivity index (χ3v) is 2.72. The second-order valence-electron chi connectivity index (χ2n) is 4.12. The van der Waals surface area contributed by atoms with Crippen molar-refractivity contribution in [3.05, 3.63) is 0 Å². The first-order valence-corrected chi connectivity index (χ1v) is 5.77. The zero-order valence-corrected chi connectivity index (χ0v) is 9.39. The van der Waals surface area contributed by atoms with Crippen LogP contribution >= 0.6 is 0 Å². The van der Waals surface area contributed by atoms with E-state index in [0.717, 1.165) is 4.90 Å². The summed E-state index contributed by atoms with van der Waals surface area (Å²) in [6.07, 6.45) is 2.60. The maximum atomic E-state index is 11.4. The standard InChI is InChI=1S/C11H19NO4/c13-7-2-1-4-9(14)8-12-10(15)5-3-6-11(12)16/h9,13-14H,1-8H2. The van der Waals surface area contributed by atoms with E-state index in [1.54, 1.807) is 0 Å². The number of carbonyl (C=O) groups is 2. The van der Waals surface area contributed by atoms with Crippen LogP contribution in [0.15, 0.2) is 0 Å². The summed E-state index contributed by atoms with van der Waals surface area (Å²) in [6, 6.07) is 0. The maximum Gasteiger partial charge on any atom is 0.229 e. The zero-order chi connectivity index (χ0) is 12.0. The summed E-state index contributed by atoms with van der Waals surface area (Å²) in [5.74, 6) is -0.366. The number of amides is 2. The van der Waals surface area contributed by atoms with Crippen LogP contribution in [-0.4, -0.2) is 46.2 Å². The number of imide groups is 1. The lowest BCUT2D eigenvalue weighted by Crippen LogP contribution is -2.44. The van der Waals surface area contributed by atoms with E-state index in [1.807, 2.05) is 0 Å². The zero-order valence-electron chi connectivity index (χ0n) is 9.39. The van der Waals surface area contributed by atoms with E-state index < -0.39 is 6.10 Å². The normalized spacial score (nSPS) is 19.0. The molecule has 5 heteroatoms. The molecule has 0 bridgehead atoms. The number of aliphatic hydroxyl groups excluding tert-OH is 2. The smallest absolute Gasteiger partial charge is 0.229 e. The SMILES string of the molecule is O=C1CCCC(=O)N1CC(O)CCCCO. The van der Waals surface area contributed by atoms with Gasteiger partial charge in [-0.25, -0.2) is 0 Å². The Morgan fingerprint density at radius 1 is 1.19 bits per heavy atom. The van der Waals surface area contributed by atoms with Crippen molar-refractivity contribution < 1.29 is 19.8 Å². The topological polar surface area (TPSA) is 77.8 Å². The highest BCUT2D eigenvalue weighted by atomic mass is 16.3. The summed E-state index contributed by atoms with van der Waals surface area (Å²) in [4.78, 5) is 24.0. The molecule has 1 atom stereocenters. The fourth-order valence-corrected chi connectivity index (χ4v) is 1.80. The van der Waals surface area contributed by atoms with Crippen molar-refractivity contribution in [3.8, 4) is 0 Å². The highest BCUT2D eigenvalue weighted by molar-refractivity contribution is 5.97. The lowest BCUT2D eigenvalue weighted by molar-refractivity contribution is -0.149. The van der Waals surface area contributed by atoms with Crippen LogP contribution in [0.3, 0.4) is 0 Å². The number of β-amino-alcohol motifs (C(OH)–C–C–N with tert-alkyl or cyclic N) is 1. The van der Waals surface area contributed by atoms with Gasteiger partial charge in [0.1, 0.15) is 0 Å². The van der Waals surface area contributed by atoms with Crippen molar-refractivity contribution in [1.82, 2.24) is 4.90 Å². The van der Waals surface area contributed by atoms with Crippen LogP contribution in [0.2, 0.25) is 0 Å². The van der Waals surface area contributed by atoms with Crippen LogP contribution in [-0.2, 0) is 9.59 Å². The van der Waals surface area contributed by atoms with Gasteiger partial charge in [0, 0.05) is 19.4 Å². The molecule has 16 heavy (non-hydrogen) atoms. The number of hydrogen-bond donors (Lipinski definition) is 2. The predicted molar refractivity (Wildman–Crippen MR) is 57.5 cm³/mol. The van der Waals surface area contributed by atoms with Gasteiger partial charge in [-0.1, -0.05) is 0 Å². The number of nitrogens with zero attached hydrogens (tertiary/aromatic N) is 1. The molecule has 0 aromatic heterocycles. The fourth-order valence-electron chi connectivity index (χ4n) is 1.80. The average Bonchev–Trinajstić information content (AvgIpc) is 2.24.